The van der Waals surface area contributed by atoms with Gasteiger partial charge in [-0.3, -0.25) is 0 Å². The average molecular weight is 424 g/mol. The van der Waals surface area contributed by atoms with E-state index in [1.54, 1.807) is 0 Å². The standard InChI is InChI=1S/C25H33N3O3/c1-14(2)18-12-29-23(26-18)25(5,24-27-19(13-30-24)15(3)4)11-21-28-22-17-9-7-6-8-16(17)10-20(22)31-21/h6-9,14-15,18-20,22H,10-13H2,1-5H3. The van der Waals surface area contributed by atoms with Gasteiger partial charge in [-0.15, -0.1) is 0 Å². The minimum absolute atomic E-state index is 0.0835. The van der Waals surface area contributed by atoms with Crippen LogP contribution in [0.25, 0.3) is 0 Å². The van der Waals surface area contributed by atoms with E-state index in [0.717, 1.165) is 12.3 Å². The van der Waals surface area contributed by atoms with Gasteiger partial charge >= 0.3 is 0 Å². The van der Waals surface area contributed by atoms with Gasteiger partial charge in [-0.2, -0.15) is 0 Å². The number of hydrogen-bond acceptors (Lipinski definition) is 6. The van der Waals surface area contributed by atoms with Crippen LogP contribution in [0.3, 0.4) is 0 Å². The van der Waals surface area contributed by atoms with E-state index in [0.29, 0.717) is 43.3 Å². The van der Waals surface area contributed by atoms with Gasteiger partial charge in [0, 0.05) is 12.8 Å². The van der Waals surface area contributed by atoms with Crippen molar-refractivity contribution in [1.82, 2.24) is 0 Å². The van der Waals surface area contributed by atoms with Crippen LogP contribution in [0.2, 0.25) is 0 Å². The monoisotopic (exact) mass is 423 g/mol. The molecule has 0 saturated carbocycles. The third-order valence-electron chi connectivity index (χ3n) is 7.05. The Balaban J connectivity index is 1.45. The SMILES string of the molecule is CC(C)C1COC(C(C)(CC2=NC3c4ccccc4CC3O2)C2=NC(C(C)C)CO2)=N1. The van der Waals surface area contributed by atoms with E-state index in [1.807, 2.05) is 0 Å². The highest BCUT2D eigenvalue weighted by Crippen LogP contribution is 2.43. The summed E-state index contributed by atoms with van der Waals surface area (Å²) in [4.78, 5) is 14.9. The van der Waals surface area contributed by atoms with E-state index < -0.39 is 5.41 Å². The fourth-order valence-corrected chi connectivity index (χ4v) is 4.85. The van der Waals surface area contributed by atoms with E-state index in [9.17, 15) is 0 Å². The number of rotatable bonds is 6. The molecule has 0 aromatic heterocycles. The van der Waals surface area contributed by atoms with Crippen LogP contribution < -0.4 is 0 Å². The van der Waals surface area contributed by atoms with Crippen molar-refractivity contribution in [3.8, 4) is 0 Å². The Morgan fingerprint density at radius 1 is 0.935 bits per heavy atom. The van der Waals surface area contributed by atoms with Crippen molar-refractivity contribution in [2.45, 2.75) is 71.7 Å². The number of aliphatic imine (C=N–C) groups is 3. The lowest BCUT2D eigenvalue weighted by molar-refractivity contribution is 0.193. The van der Waals surface area contributed by atoms with Crippen LogP contribution in [-0.4, -0.2) is 49.1 Å². The molecule has 166 valence electrons. The van der Waals surface area contributed by atoms with Gasteiger partial charge in [-0.05, 0) is 29.9 Å². The highest BCUT2D eigenvalue weighted by atomic mass is 16.5. The normalized spacial score (nSPS) is 30.7. The van der Waals surface area contributed by atoms with E-state index >= 15 is 0 Å². The van der Waals surface area contributed by atoms with Crippen LogP contribution in [0.5, 0.6) is 0 Å². The summed E-state index contributed by atoms with van der Waals surface area (Å²) in [7, 11) is 0. The molecule has 5 rings (SSSR count). The summed E-state index contributed by atoms with van der Waals surface area (Å²) in [5.74, 6) is 3.02. The molecule has 4 atom stereocenters. The first-order valence-electron chi connectivity index (χ1n) is 11.6. The molecule has 4 aliphatic rings. The summed E-state index contributed by atoms with van der Waals surface area (Å²) in [6.45, 7) is 12.0. The van der Waals surface area contributed by atoms with Gasteiger partial charge in [0.25, 0.3) is 0 Å². The van der Waals surface area contributed by atoms with E-state index in [4.69, 9.17) is 29.2 Å². The van der Waals surface area contributed by atoms with Crippen molar-refractivity contribution < 1.29 is 14.2 Å². The molecule has 4 unspecified atom stereocenters. The molecule has 0 N–H and O–H groups in total. The average Bonchev–Trinajstić information content (AvgIpc) is 3.50. The maximum atomic E-state index is 6.36. The first kappa shape index (κ1) is 20.5. The fraction of sp³-hybridized carbons (Fsp3) is 0.640. The molecule has 1 aliphatic carbocycles. The minimum atomic E-state index is -0.607. The molecule has 0 radical (unpaired) electrons. The second-order valence-electron chi connectivity index (χ2n) is 10.1. The lowest BCUT2D eigenvalue weighted by Gasteiger charge is -2.27. The van der Waals surface area contributed by atoms with E-state index in [2.05, 4.69) is 58.9 Å². The molecule has 0 fully saturated rings. The Morgan fingerprint density at radius 2 is 1.55 bits per heavy atom. The summed E-state index contributed by atoms with van der Waals surface area (Å²) < 4.78 is 18.6. The molecule has 6 nitrogen and oxygen atoms in total. The quantitative estimate of drug-likeness (QED) is 0.682. The topological polar surface area (TPSA) is 64.8 Å². The number of ether oxygens (including phenoxy) is 3. The van der Waals surface area contributed by atoms with Crippen molar-refractivity contribution in [3.05, 3.63) is 35.4 Å². The summed E-state index contributed by atoms with van der Waals surface area (Å²) in [6, 6.07) is 8.92. The molecule has 0 saturated heterocycles. The van der Waals surface area contributed by atoms with Crippen molar-refractivity contribution in [2.75, 3.05) is 13.2 Å². The number of nitrogens with zero attached hydrogens (tertiary/aromatic N) is 3. The van der Waals surface area contributed by atoms with Gasteiger partial charge in [0.05, 0.1) is 12.1 Å². The van der Waals surface area contributed by atoms with Crippen molar-refractivity contribution in [2.24, 2.45) is 32.2 Å². The van der Waals surface area contributed by atoms with Crippen LogP contribution in [0.1, 0.15) is 58.2 Å². The van der Waals surface area contributed by atoms with Gasteiger partial charge in [0.2, 0.25) is 0 Å². The van der Waals surface area contributed by atoms with Crippen molar-refractivity contribution >= 4 is 17.7 Å². The summed E-state index contributed by atoms with van der Waals surface area (Å²) in [6.07, 6.45) is 1.54. The number of benzene rings is 1. The van der Waals surface area contributed by atoms with Gasteiger partial charge in [0.15, 0.2) is 17.7 Å². The summed E-state index contributed by atoms with van der Waals surface area (Å²) in [5, 5.41) is 0. The smallest absolute Gasteiger partial charge is 0.199 e. The second kappa shape index (κ2) is 7.64. The molecule has 6 heteroatoms. The summed E-state index contributed by atoms with van der Waals surface area (Å²) in [5.41, 5.74) is 2.02. The third kappa shape index (κ3) is 3.54. The predicted octanol–water partition coefficient (Wildman–Crippen LogP) is 4.38. The first-order valence-corrected chi connectivity index (χ1v) is 11.6. The van der Waals surface area contributed by atoms with Crippen LogP contribution in [0, 0.1) is 17.3 Å². The third-order valence-corrected chi connectivity index (χ3v) is 7.05. The fourth-order valence-electron chi connectivity index (χ4n) is 4.85. The lowest BCUT2D eigenvalue weighted by atomic mass is 9.85. The zero-order chi connectivity index (χ0) is 21.8. The minimum Gasteiger partial charge on any atom is -0.478 e. The molecule has 0 bridgehead atoms. The molecule has 3 aliphatic heterocycles. The molecule has 0 spiro atoms. The molecular weight excluding hydrogens is 390 g/mol. The van der Waals surface area contributed by atoms with E-state index in [1.165, 1.54) is 11.1 Å². The van der Waals surface area contributed by atoms with Gasteiger partial charge in [0.1, 0.15) is 30.8 Å². The highest BCUT2D eigenvalue weighted by molar-refractivity contribution is 6.08. The van der Waals surface area contributed by atoms with Gasteiger partial charge < -0.3 is 14.2 Å². The van der Waals surface area contributed by atoms with Crippen LogP contribution in [0.4, 0.5) is 0 Å². The molecule has 3 heterocycles. The zero-order valence-electron chi connectivity index (χ0n) is 19.2. The molecule has 31 heavy (non-hydrogen) atoms. The van der Waals surface area contributed by atoms with Crippen molar-refractivity contribution in [1.29, 1.82) is 0 Å². The van der Waals surface area contributed by atoms with Gasteiger partial charge in [-0.1, -0.05) is 52.0 Å². The Morgan fingerprint density at radius 3 is 2.13 bits per heavy atom. The zero-order valence-corrected chi connectivity index (χ0v) is 19.2. The Kier molecular flexibility index (Phi) is 5.06. The van der Waals surface area contributed by atoms with Gasteiger partial charge in [-0.25, -0.2) is 15.0 Å². The molecule has 1 aromatic rings. The maximum Gasteiger partial charge on any atom is 0.199 e. The Hall–Kier alpha value is -2.37. The lowest BCUT2D eigenvalue weighted by Crippen LogP contribution is -2.39. The number of hydrogen-bond donors (Lipinski definition) is 0. The number of fused-ring (bicyclic) bond motifs is 3. The predicted molar refractivity (Wildman–Crippen MR) is 122 cm³/mol. The summed E-state index contributed by atoms with van der Waals surface area (Å²) >= 11 is 0. The van der Waals surface area contributed by atoms with Crippen LogP contribution in [0.15, 0.2) is 39.2 Å². The van der Waals surface area contributed by atoms with Crippen molar-refractivity contribution in [3.63, 3.8) is 0 Å². The largest absolute Gasteiger partial charge is 0.478 e. The molecule has 1 aromatic carbocycles. The second-order valence-corrected chi connectivity index (χ2v) is 10.1. The Labute approximate surface area is 184 Å². The molecule has 0 amide bonds. The van der Waals surface area contributed by atoms with E-state index in [-0.39, 0.29) is 24.2 Å². The molecular formula is C25H33N3O3. The first-order chi connectivity index (χ1) is 14.8. The van der Waals surface area contributed by atoms with Crippen LogP contribution in [-0.2, 0) is 20.6 Å². The Bertz CT molecular complexity index is 915. The highest BCUT2D eigenvalue weighted by Gasteiger charge is 2.49. The van der Waals surface area contributed by atoms with Crippen LogP contribution >= 0.6 is 0 Å². The maximum absolute atomic E-state index is 6.36.